The Morgan fingerprint density at radius 2 is 1.91 bits per heavy atom. The van der Waals surface area contributed by atoms with Gasteiger partial charge in [0.25, 0.3) is 0 Å². The summed E-state index contributed by atoms with van der Waals surface area (Å²) in [6.45, 7) is 5.34. The highest BCUT2D eigenvalue weighted by Crippen LogP contribution is 2.20. The molecule has 0 bridgehead atoms. The van der Waals surface area contributed by atoms with Crippen molar-refractivity contribution in [3.63, 3.8) is 0 Å². The summed E-state index contributed by atoms with van der Waals surface area (Å²) in [7, 11) is 1.63. The van der Waals surface area contributed by atoms with Crippen molar-refractivity contribution in [2.24, 2.45) is 0 Å². The van der Waals surface area contributed by atoms with Gasteiger partial charge < -0.3 is 14.2 Å². The molecule has 0 atom stereocenters. The number of hydrogen-bond donors (Lipinski definition) is 0. The summed E-state index contributed by atoms with van der Waals surface area (Å²) in [4.78, 5) is 19.8. The first kappa shape index (κ1) is 15.5. The SMILES string of the molecule is COc1ccc(-c2noc(CN3CCN(C(C)=O)CC3)n2)cc1. The quantitative estimate of drug-likeness (QED) is 0.849. The molecule has 1 amide bonds. The highest BCUT2D eigenvalue weighted by Gasteiger charge is 2.20. The van der Waals surface area contributed by atoms with E-state index in [1.807, 2.05) is 29.2 Å². The molecule has 0 saturated carbocycles. The predicted octanol–water partition coefficient (Wildman–Crippen LogP) is 1.41. The topological polar surface area (TPSA) is 71.7 Å². The van der Waals surface area contributed by atoms with Gasteiger partial charge in [-0.2, -0.15) is 4.98 Å². The molecular weight excluding hydrogens is 296 g/mol. The van der Waals surface area contributed by atoms with Crippen LogP contribution in [0.2, 0.25) is 0 Å². The third-order valence-corrected chi connectivity index (χ3v) is 3.99. The van der Waals surface area contributed by atoms with E-state index in [0.717, 1.165) is 37.5 Å². The van der Waals surface area contributed by atoms with Gasteiger partial charge in [0.1, 0.15) is 5.75 Å². The lowest BCUT2D eigenvalue weighted by Crippen LogP contribution is -2.47. The zero-order chi connectivity index (χ0) is 16.2. The van der Waals surface area contributed by atoms with Crippen molar-refractivity contribution in [2.75, 3.05) is 33.3 Å². The van der Waals surface area contributed by atoms with Crippen molar-refractivity contribution < 1.29 is 14.1 Å². The lowest BCUT2D eigenvalue weighted by Gasteiger charge is -2.33. The van der Waals surface area contributed by atoms with E-state index in [0.29, 0.717) is 18.3 Å². The van der Waals surface area contributed by atoms with Crippen molar-refractivity contribution >= 4 is 5.91 Å². The minimum atomic E-state index is 0.129. The predicted molar refractivity (Wildman–Crippen MR) is 83.8 cm³/mol. The van der Waals surface area contributed by atoms with Crippen LogP contribution >= 0.6 is 0 Å². The lowest BCUT2D eigenvalue weighted by molar-refractivity contribution is -0.130. The first-order valence-electron chi connectivity index (χ1n) is 7.60. The number of ether oxygens (including phenoxy) is 1. The number of hydrogen-bond acceptors (Lipinski definition) is 6. The Hall–Kier alpha value is -2.41. The fourth-order valence-corrected chi connectivity index (χ4v) is 2.59. The van der Waals surface area contributed by atoms with E-state index in [1.165, 1.54) is 0 Å². The van der Waals surface area contributed by atoms with E-state index in [2.05, 4.69) is 15.0 Å². The standard InChI is InChI=1S/C16H20N4O3/c1-12(21)20-9-7-19(8-10-20)11-15-17-16(18-23-15)13-3-5-14(22-2)6-4-13/h3-6H,7-11H2,1-2H3. The molecule has 7 nitrogen and oxygen atoms in total. The molecule has 7 heteroatoms. The Balaban J connectivity index is 1.60. The van der Waals surface area contributed by atoms with Gasteiger partial charge in [-0.05, 0) is 24.3 Å². The number of rotatable bonds is 4. The molecule has 2 heterocycles. The van der Waals surface area contributed by atoms with Crippen LogP contribution in [0.15, 0.2) is 28.8 Å². The average molecular weight is 316 g/mol. The maximum Gasteiger partial charge on any atom is 0.241 e. The summed E-state index contributed by atoms with van der Waals surface area (Å²) >= 11 is 0. The van der Waals surface area contributed by atoms with Crippen LogP contribution in [0, 0.1) is 0 Å². The van der Waals surface area contributed by atoms with Crippen LogP contribution < -0.4 is 4.74 Å². The van der Waals surface area contributed by atoms with E-state index in [1.54, 1.807) is 14.0 Å². The molecule has 1 fully saturated rings. The first-order valence-corrected chi connectivity index (χ1v) is 7.60. The molecule has 0 radical (unpaired) electrons. The summed E-state index contributed by atoms with van der Waals surface area (Å²) in [5.41, 5.74) is 0.891. The molecule has 0 spiro atoms. The monoisotopic (exact) mass is 316 g/mol. The number of carbonyl (C=O) groups is 1. The van der Waals surface area contributed by atoms with Crippen LogP contribution in [0.5, 0.6) is 5.75 Å². The third kappa shape index (κ3) is 3.68. The van der Waals surface area contributed by atoms with Crippen molar-refractivity contribution in [1.29, 1.82) is 0 Å². The van der Waals surface area contributed by atoms with E-state index in [-0.39, 0.29) is 5.91 Å². The number of aromatic nitrogens is 2. The van der Waals surface area contributed by atoms with Gasteiger partial charge in [-0.3, -0.25) is 9.69 Å². The van der Waals surface area contributed by atoms with E-state index >= 15 is 0 Å². The van der Waals surface area contributed by atoms with Crippen LogP contribution in [0.4, 0.5) is 0 Å². The van der Waals surface area contributed by atoms with Crippen LogP contribution in [-0.2, 0) is 11.3 Å². The second kappa shape index (κ2) is 6.78. The normalized spacial score (nSPS) is 15.7. The largest absolute Gasteiger partial charge is 0.497 e. The van der Waals surface area contributed by atoms with Gasteiger partial charge in [-0.25, -0.2) is 0 Å². The molecule has 1 aromatic heterocycles. The minimum absolute atomic E-state index is 0.129. The Kier molecular flexibility index (Phi) is 4.57. The molecule has 3 rings (SSSR count). The van der Waals surface area contributed by atoms with Crippen molar-refractivity contribution in [3.05, 3.63) is 30.2 Å². The fourth-order valence-electron chi connectivity index (χ4n) is 2.59. The van der Waals surface area contributed by atoms with E-state index in [4.69, 9.17) is 9.26 Å². The summed E-state index contributed by atoms with van der Waals surface area (Å²) in [6, 6.07) is 7.54. The highest BCUT2D eigenvalue weighted by atomic mass is 16.5. The van der Waals surface area contributed by atoms with E-state index < -0.39 is 0 Å². The van der Waals surface area contributed by atoms with Gasteiger partial charge in [-0.15, -0.1) is 0 Å². The maximum atomic E-state index is 11.3. The molecule has 2 aromatic rings. The zero-order valence-corrected chi connectivity index (χ0v) is 13.4. The Morgan fingerprint density at radius 3 is 2.52 bits per heavy atom. The molecular formula is C16H20N4O3. The number of methoxy groups -OCH3 is 1. The molecule has 1 aliphatic rings. The summed E-state index contributed by atoms with van der Waals surface area (Å²) in [6.07, 6.45) is 0. The Bertz CT molecular complexity index is 660. The molecule has 0 unspecified atom stereocenters. The van der Waals surface area contributed by atoms with Crippen LogP contribution in [0.3, 0.4) is 0 Å². The van der Waals surface area contributed by atoms with Gasteiger partial charge >= 0.3 is 0 Å². The van der Waals surface area contributed by atoms with Crippen LogP contribution in [0.25, 0.3) is 11.4 Å². The minimum Gasteiger partial charge on any atom is -0.497 e. The summed E-state index contributed by atoms with van der Waals surface area (Å²) < 4.78 is 10.5. The Labute approximate surface area is 134 Å². The van der Waals surface area contributed by atoms with Gasteiger partial charge in [0, 0.05) is 38.7 Å². The fraction of sp³-hybridized carbons (Fsp3) is 0.438. The number of benzene rings is 1. The zero-order valence-electron chi connectivity index (χ0n) is 13.4. The van der Waals surface area contributed by atoms with Gasteiger partial charge in [0.2, 0.25) is 17.6 Å². The summed E-state index contributed by atoms with van der Waals surface area (Å²) in [5.74, 6) is 2.09. The lowest BCUT2D eigenvalue weighted by atomic mass is 10.2. The second-order valence-corrected chi connectivity index (χ2v) is 5.52. The van der Waals surface area contributed by atoms with Gasteiger partial charge in [0.15, 0.2) is 0 Å². The molecule has 1 aliphatic heterocycles. The molecule has 1 aromatic carbocycles. The smallest absolute Gasteiger partial charge is 0.241 e. The number of carbonyl (C=O) groups excluding carboxylic acids is 1. The third-order valence-electron chi connectivity index (χ3n) is 3.99. The molecule has 0 aliphatic carbocycles. The van der Waals surface area contributed by atoms with Crippen LogP contribution in [0.1, 0.15) is 12.8 Å². The van der Waals surface area contributed by atoms with Crippen LogP contribution in [-0.4, -0.2) is 59.1 Å². The van der Waals surface area contributed by atoms with Gasteiger partial charge in [-0.1, -0.05) is 5.16 Å². The highest BCUT2D eigenvalue weighted by molar-refractivity contribution is 5.73. The van der Waals surface area contributed by atoms with E-state index in [9.17, 15) is 4.79 Å². The van der Waals surface area contributed by atoms with Crippen molar-refractivity contribution in [1.82, 2.24) is 19.9 Å². The molecule has 122 valence electrons. The van der Waals surface area contributed by atoms with Crippen molar-refractivity contribution in [2.45, 2.75) is 13.5 Å². The molecule has 1 saturated heterocycles. The first-order chi connectivity index (χ1) is 11.2. The Morgan fingerprint density at radius 1 is 1.22 bits per heavy atom. The number of nitrogens with zero attached hydrogens (tertiary/aromatic N) is 4. The van der Waals surface area contributed by atoms with Gasteiger partial charge in [0.05, 0.1) is 13.7 Å². The number of piperazine rings is 1. The molecule has 23 heavy (non-hydrogen) atoms. The second-order valence-electron chi connectivity index (χ2n) is 5.52. The maximum absolute atomic E-state index is 11.3. The molecule has 0 N–H and O–H groups in total. The van der Waals surface area contributed by atoms with Crippen molar-refractivity contribution in [3.8, 4) is 17.1 Å². The summed E-state index contributed by atoms with van der Waals surface area (Å²) in [5, 5.41) is 4.03. The number of amides is 1. The average Bonchev–Trinajstić information content (AvgIpc) is 3.04.